The first kappa shape index (κ1) is 17.1. The molecule has 0 saturated carbocycles. The van der Waals surface area contributed by atoms with Gasteiger partial charge >= 0.3 is 0 Å². The van der Waals surface area contributed by atoms with Crippen molar-refractivity contribution in [1.82, 2.24) is 0 Å². The molecule has 1 aromatic carbocycles. The number of aliphatic hydroxyl groups is 2. The third kappa shape index (κ3) is 3.93. The van der Waals surface area contributed by atoms with Crippen LogP contribution in [0.1, 0.15) is 36.5 Å². The predicted molar refractivity (Wildman–Crippen MR) is 87.8 cm³/mol. The van der Waals surface area contributed by atoms with Gasteiger partial charge in [0, 0.05) is 18.2 Å². The van der Waals surface area contributed by atoms with E-state index in [-0.39, 0.29) is 42.0 Å². The smallest absolute Gasteiger partial charge is 0.173 e. The minimum atomic E-state index is -0.717. The second-order valence-electron chi connectivity index (χ2n) is 5.57. The third-order valence-corrected chi connectivity index (χ3v) is 4.04. The number of ketones is 2. The van der Waals surface area contributed by atoms with Gasteiger partial charge in [-0.3, -0.25) is 14.6 Å². The van der Waals surface area contributed by atoms with Gasteiger partial charge in [0.25, 0.3) is 0 Å². The average molecular weight is 315 g/mol. The summed E-state index contributed by atoms with van der Waals surface area (Å²) in [6, 6.07) is 8.41. The highest BCUT2D eigenvalue weighted by molar-refractivity contribution is 6.16. The lowest BCUT2D eigenvalue weighted by Crippen LogP contribution is -2.27. The first-order chi connectivity index (χ1) is 11.1. The van der Waals surface area contributed by atoms with Crippen LogP contribution < -0.4 is 0 Å². The van der Waals surface area contributed by atoms with Crippen molar-refractivity contribution in [3.63, 3.8) is 0 Å². The molecule has 5 heteroatoms. The van der Waals surface area contributed by atoms with Crippen LogP contribution in [0.2, 0.25) is 0 Å². The van der Waals surface area contributed by atoms with Crippen LogP contribution in [-0.4, -0.2) is 40.6 Å². The van der Waals surface area contributed by atoms with Crippen molar-refractivity contribution in [1.29, 1.82) is 0 Å². The number of allylic oxidation sites excluding steroid dienone is 2. The van der Waals surface area contributed by atoms with Crippen LogP contribution in [0.4, 0.5) is 0 Å². The highest BCUT2D eigenvalue weighted by atomic mass is 16.3. The molecule has 2 atom stereocenters. The van der Waals surface area contributed by atoms with E-state index in [1.165, 1.54) is 6.21 Å². The fourth-order valence-corrected chi connectivity index (χ4v) is 2.54. The van der Waals surface area contributed by atoms with Crippen molar-refractivity contribution in [3.8, 4) is 0 Å². The summed E-state index contributed by atoms with van der Waals surface area (Å²) in [6.07, 6.45) is 2.42. The average Bonchev–Trinajstić information content (AvgIpc) is 2.58. The van der Waals surface area contributed by atoms with Crippen molar-refractivity contribution in [3.05, 3.63) is 47.2 Å². The number of carbonyl (C=O) groups is 2. The molecule has 122 valence electrons. The van der Waals surface area contributed by atoms with Gasteiger partial charge in [-0.2, -0.15) is 0 Å². The molecule has 0 bridgehead atoms. The van der Waals surface area contributed by atoms with Gasteiger partial charge in [0.05, 0.1) is 24.1 Å². The summed E-state index contributed by atoms with van der Waals surface area (Å²) < 4.78 is 0. The molecule has 2 N–H and O–H groups in total. The first-order valence-corrected chi connectivity index (χ1v) is 7.78. The highest BCUT2D eigenvalue weighted by Crippen LogP contribution is 2.28. The number of rotatable bonds is 6. The Bertz CT molecular complexity index is 630. The molecule has 2 rings (SSSR count). The Kier molecular flexibility index (Phi) is 5.82. The second kappa shape index (κ2) is 7.83. The van der Waals surface area contributed by atoms with Gasteiger partial charge in [0.15, 0.2) is 11.6 Å². The van der Waals surface area contributed by atoms with E-state index in [1.54, 1.807) is 24.3 Å². The lowest BCUT2D eigenvalue weighted by molar-refractivity contribution is -0.116. The Labute approximate surface area is 135 Å². The molecule has 0 fully saturated rings. The lowest BCUT2D eigenvalue weighted by atomic mass is 9.83. The number of nitrogens with zero attached hydrogens (tertiary/aromatic N) is 1. The zero-order valence-electron chi connectivity index (χ0n) is 13.1. The SMILES string of the molecule is CC[C@@H](CO)N=CC1=C(O)[C@@H](C(=O)c2ccccc2)CCC1=O. The van der Waals surface area contributed by atoms with Crippen LogP contribution in [0.3, 0.4) is 0 Å². The molecule has 0 unspecified atom stereocenters. The Morgan fingerprint density at radius 3 is 2.70 bits per heavy atom. The van der Waals surface area contributed by atoms with Gasteiger partial charge < -0.3 is 10.2 Å². The quantitative estimate of drug-likeness (QED) is 0.624. The first-order valence-electron chi connectivity index (χ1n) is 7.78. The van der Waals surface area contributed by atoms with Crippen LogP contribution >= 0.6 is 0 Å². The molecule has 1 aromatic rings. The van der Waals surface area contributed by atoms with Crippen LogP contribution in [0.5, 0.6) is 0 Å². The van der Waals surface area contributed by atoms with E-state index in [1.807, 2.05) is 13.0 Å². The topological polar surface area (TPSA) is 87.0 Å². The highest BCUT2D eigenvalue weighted by Gasteiger charge is 2.32. The maximum absolute atomic E-state index is 12.5. The van der Waals surface area contributed by atoms with Gasteiger partial charge in [-0.15, -0.1) is 0 Å². The van der Waals surface area contributed by atoms with Gasteiger partial charge in [0.1, 0.15) is 5.76 Å². The molecule has 0 aromatic heterocycles. The molecule has 0 spiro atoms. The van der Waals surface area contributed by atoms with E-state index in [0.29, 0.717) is 18.4 Å². The number of aliphatic imine (C=N–C) groups is 1. The van der Waals surface area contributed by atoms with E-state index in [0.717, 1.165) is 0 Å². The Balaban J connectivity index is 2.29. The standard InChI is InChI=1S/C18H21NO4/c1-2-13(11-20)19-10-15-16(21)9-8-14(18(15)23)17(22)12-6-4-3-5-7-12/h3-7,10,13-14,20,23H,2,8-9,11H2,1H3/t13-,14+/m0/s1. The molecule has 0 amide bonds. The van der Waals surface area contributed by atoms with Crippen LogP contribution in [0, 0.1) is 5.92 Å². The van der Waals surface area contributed by atoms with Gasteiger partial charge in [-0.25, -0.2) is 0 Å². The summed E-state index contributed by atoms with van der Waals surface area (Å²) in [5, 5.41) is 19.5. The molecular weight excluding hydrogens is 294 g/mol. The van der Waals surface area contributed by atoms with Crippen molar-refractivity contribution < 1.29 is 19.8 Å². The molecule has 1 aliphatic carbocycles. The molecule has 1 aliphatic rings. The summed E-state index contributed by atoms with van der Waals surface area (Å²) in [6.45, 7) is 1.75. The molecular formula is C18H21NO4. The molecule has 0 radical (unpaired) electrons. The van der Waals surface area contributed by atoms with E-state index in [2.05, 4.69) is 4.99 Å². The summed E-state index contributed by atoms with van der Waals surface area (Å²) in [7, 11) is 0. The summed E-state index contributed by atoms with van der Waals surface area (Å²) in [5.41, 5.74) is 0.592. The molecule has 0 saturated heterocycles. The normalized spacial score (nSPS) is 20.1. The zero-order valence-corrected chi connectivity index (χ0v) is 13.1. The van der Waals surface area contributed by atoms with Crippen LogP contribution in [-0.2, 0) is 4.79 Å². The zero-order chi connectivity index (χ0) is 16.8. The maximum Gasteiger partial charge on any atom is 0.173 e. The van der Waals surface area contributed by atoms with Gasteiger partial charge in [0.2, 0.25) is 0 Å². The van der Waals surface area contributed by atoms with E-state index in [4.69, 9.17) is 5.11 Å². The number of hydrogen-bond donors (Lipinski definition) is 2. The minimum Gasteiger partial charge on any atom is -0.511 e. The number of aliphatic hydroxyl groups excluding tert-OH is 2. The minimum absolute atomic E-state index is 0.0810. The van der Waals surface area contributed by atoms with E-state index < -0.39 is 5.92 Å². The predicted octanol–water partition coefficient (Wildman–Crippen LogP) is 2.50. The molecule has 0 aliphatic heterocycles. The lowest BCUT2D eigenvalue weighted by Gasteiger charge is -2.21. The van der Waals surface area contributed by atoms with Crippen molar-refractivity contribution in [2.24, 2.45) is 10.9 Å². The molecule has 23 heavy (non-hydrogen) atoms. The Morgan fingerprint density at radius 1 is 1.39 bits per heavy atom. The Hall–Kier alpha value is -2.27. The van der Waals surface area contributed by atoms with Gasteiger partial charge in [-0.1, -0.05) is 37.3 Å². The molecule has 0 heterocycles. The van der Waals surface area contributed by atoms with Crippen molar-refractivity contribution in [2.75, 3.05) is 6.61 Å². The maximum atomic E-state index is 12.5. The fraction of sp³-hybridized carbons (Fsp3) is 0.389. The second-order valence-corrected chi connectivity index (χ2v) is 5.57. The monoisotopic (exact) mass is 315 g/mol. The number of Topliss-reactive ketones (excluding diaryl/α,β-unsaturated/α-hetero) is 2. The van der Waals surface area contributed by atoms with Crippen molar-refractivity contribution in [2.45, 2.75) is 32.2 Å². The van der Waals surface area contributed by atoms with Crippen LogP contribution in [0.25, 0.3) is 0 Å². The van der Waals surface area contributed by atoms with Gasteiger partial charge in [-0.05, 0) is 12.8 Å². The summed E-state index contributed by atoms with van der Waals surface area (Å²) >= 11 is 0. The van der Waals surface area contributed by atoms with E-state index in [9.17, 15) is 14.7 Å². The summed E-state index contributed by atoms with van der Waals surface area (Å²) in [5.74, 6) is -1.36. The summed E-state index contributed by atoms with van der Waals surface area (Å²) in [4.78, 5) is 28.7. The Morgan fingerprint density at radius 2 is 2.09 bits per heavy atom. The number of carbonyl (C=O) groups excluding carboxylic acids is 2. The number of benzene rings is 1. The van der Waals surface area contributed by atoms with Crippen molar-refractivity contribution >= 4 is 17.8 Å². The van der Waals surface area contributed by atoms with Crippen LogP contribution in [0.15, 0.2) is 46.7 Å². The third-order valence-electron chi connectivity index (χ3n) is 4.04. The number of hydrogen-bond acceptors (Lipinski definition) is 5. The molecule has 5 nitrogen and oxygen atoms in total. The van der Waals surface area contributed by atoms with E-state index >= 15 is 0 Å². The largest absolute Gasteiger partial charge is 0.511 e. The fourth-order valence-electron chi connectivity index (χ4n) is 2.54.